The molecule has 2 fully saturated rings. The van der Waals surface area contributed by atoms with Crippen molar-refractivity contribution < 1.29 is 18.0 Å². The van der Waals surface area contributed by atoms with Crippen LogP contribution in [0.5, 0.6) is 0 Å². The highest BCUT2D eigenvalue weighted by Crippen LogP contribution is 2.18. The maximum absolute atomic E-state index is 12.4. The van der Waals surface area contributed by atoms with Crippen LogP contribution >= 0.6 is 23.7 Å². The number of piperidine rings is 1. The van der Waals surface area contributed by atoms with Gasteiger partial charge in [-0.15, -0.1) is 23.7 Å². The van der Waals surface area contributed by atoms with Crippen molar-refractivity contribution in [2.24, 2.45) is 0 Å². The van der Waals surface area contributed by atoms with Crippen molar-refractivity contribution in [2.45, 2.75) is 23.1 Å². The number of halogens is 1. The second kappa shape index (κ2) is 9.14. The summed E-state index contributed by atoms with van der Waals surface area (Å²) in [5.41, 5.74) is 0. The minimum absolute atomic E-state index is 0. The van der Waals surface area contributed by atoms with Gasteiger partial charge in [0.1, 0.15) is 4.21 Å². The third-order valence-corrected chi connectivity index (χ3v) is 7.29. The predicted molar refractivity (Wildman–Crippen MR) is 101 cm³/mol. The summed E-state index contributed by atoms with van der Waals surface area (Å²) in [6.45, 7) is 2.54. The molecule has 1 atom stereocenters. The number of likely N-dealkylation sites (tertiary alicyclic amines) is 1. The molecule has 146 valence electrons. The molecule has 0 aliphatic carbocycles. The van der Waals surface area contributed by atoms with E-state index in [0.29, 0.717) is 26.2 Å². The third-order valence-electron chi connectivity index (χ3n) is 4.49. The van der Waals surface area contributed by atoms with Gasteiger partial charge in [-0.05, 0) is 24.3 Å². The van der Waals surface area contributed by atoms with Gasteiger partial charge in [0.25, 0.3) is 10.0 Å². The summed E-state index contributed by atoms with van der Waals surface area (Å²) >= 11 is 1.11. The Morgan fingerprint density at radius 1 is 1.38 bits per heavy atom. The molecule has 26 heavy (non-hydrogen) atoms. The lowest BCUT2D eigenvalue weighted by atomic mass is 10.0. The molecule has 3 heterocycles. The summed E-state index contributed by atoms with van der Waals surface area (Å²) in [6.07, 6.45) is 1.68. The molecule has 0 bridgehead atoms. The van der Waals surface area contributed by atoms with E-state index in [1.807, 2.05) is 4.90 Å². The fraction of sp³-hybridized carbons (Fsp3) is 0.600. The SMILES string of the molecule is Cl.O=C(CNS(=O)(=O)c1cccs1)N1CCCC(N2CCNCC2=O)C1. The second-order valence-corrected chi connectivity index (χ2v) is 9.10. The number of piperazine rings is 1. The zero-order chi connectivity index (χ0) is 17.9. The molecule has 2 N–H and O–H groups in total. The van der Waals surface area contributed by atoms with E-state index in [0.717, 1.165) is 30.7 Å². The normalized spacial score (nSPS) is 21.4. The lowest BCUT2D eigenvalue weighted by molar-refractivity contribution is -0.139. The number of hydrogen-bond donors (Lipinski definition) is 2. The van der Waals surface area contributed by atoms with Crippen LogP contribution in [-0.2, 0) is 19.6 Å². The number of hydrogen-bond acceptors (Lipinski definition) is 6. The molecule has 11 heteroatoms. The smallest absolute Gasteiger partial charge is 0.250 e. The van der Waals surface area contributed by atoms with Crippen molar-refractivity contribution in [2.75, 3.05) is 39.3 Å². The standard InChI is InChI=1S/C15H22N4O4S2.ClH/c20-13(10-17-25(22,23)15-4-2-8-24-15)18-6-1-3-12(11-18)19-7-5-16-9-14(19)21;/h2,4,8,12,16-17H,1,3,5-7,9-11H2;1H. The van der Waals surface area contributed by atoms with E-state index in [9.17, 15) is 18.0 Å². The lowest BCUT2D eigenvalue weighted by Gasteiger charge is -2.41. The number of carbonyl (C=O) groups excluding carboxylic acids is 2. The average molecular weight is 423 g/mol. The topological polar surface area (TPSA) is 98.8 Å². The van der Waals surface area contributed by atoms with Crippen LogP contribution in [0.4, 0.5) is 0 Å². The van der Waals surface area contributed by atoms with E-state index in [2.05, 4.69) is 10.0 Å². The maximum atomic E-state index is 12.4. The highest BCUT2D eigenvalue weighted by Gasteiger charge is 2.31. The number of sulfonamides is 1. The molecule has 2 amide bonds. The molecule has 8 nitrogen and oxygen atoms in total. The Kier molecular flexibility index (Phi) is 7.42. The van der Waals surface area contributed by atoms with Crippen molar-refractivity contribution >= 4 is 45.6 Å². The molecule has 1 unspecified atom stereocenters. The highest BCUT2D eigenvalue weighted by molar-refractivity contribution is 7.91. The van der Waals surface area contributed by atoms with Crippen LogP contribution in [0.15, 0.2) is 21.7 Å². The van der Waals surface area contributed by atoms with E-state index in [-0.39, 0.29) is 41.0 Å². The van der Waals surface area contributed by atoms with E-state index in [1.165, 1.54) is 6.07 Å². The first-order valence-electron chi connectivity index (χ1n) is 8.28. The lowest BCUT2D eigenvalue weighted by Crippen LogP contribution is -2.58. The zero-order valence-corrected chi connectivity index (χ0v) is 16.7. The van der Waals surface area contributed by atoms with Gasteiger partial charge >= 0.3 is 0 Å². The Bertz CT molecular complexity index is 726. The summed E-state index contributed by atoms with van der Waals surface area (Å²) in [6, 6.07) is 3.17. The van der Waals surface area contributed by atoms with Crippen LogP contribution in [0.1, 0.15) is 12.8 Å². The molecule has 0 aromatic carbocycles. The number of amides is 2. The Balaban J connectivity index is 0.00000243. The van der Waals surface area contributed by atoms with E-state index >= 15 is 0 Å². The predicted octanol–water partition coefficient (Wildman–Crippen LogP) is -0.129. The van der Waals surface area contributed by atoms with E-state index in [4.69, 9.17) is 0 Å². The molecule has 3 rings (SSSR count). The molecule has 1 aromatic heterocycles. The minimum Gasteiger partial charge on any atom is -0.339 e. The largest absolute Gasteiger partial charge is 0.339 e. The van der Waals surface area contributed by atoms with Crippen LogP contribution in [0.3, 0.4) is 0 Å². The molecule has 1 aromatic rings. The van der Waals surface area contributed by atoms with Crippen molar-refractivity contribution in [3.05, 3.63) is 17.5 Å². The van der Waals surface area contributed by atoms with Crippen LogP contribution in [-0.4, -0.2) is 75.3 Å². The molecular formula is C15H23ClN4O4S2. The maximum Gasteiger partial charge on any atom is 0.250 e. The summed E-state index contributed by atoms with van der Waals surface area (Å²) in [7, 11) is -3.65. The van der Waals surface area contributed by atoms with Gasteiger partial charge in [0.15, 0.2) is 0 Å². The van der Waals surface area contributed by atoms with Crippen molar-refractivity contribution in [3.8, 4) is 0 Å². The Morgan fingerprint density at radius 2 is 2.19 bits per heavy atom. The second-order valence-electron chi connectivity index (χ2n) is 6.16. The summed E-state index contributed by atoms with van der Waals surface area (Å²) in [5.74, 6) is -0.198. The Labute approximate surface area is 163 Å². The summed E-state index contributed by atoms with van der Waals surface area (Å²) < 4.78 is 26.8. The van der Waals surface area contributed by atoms with Gasteiger partial charge in [0, 0.05) is 32.2 Å². The summed E-state index contributed by atoms with van der Waals surface area (Å²) in [5, 5.41) is 4.72. The molecule has 0 radical (unpaired) electrons. The number of rotatable bonds is 5. The Morgan fingerprint density at radius 3 is 2.88 bits per heavy atom. The van der Waals surface area contributed by atoms with Gasteiger partial charge in [-0.2, -0.15) is 0 Å². The van der Waals surface area contributed by atoms with E-state index < -0.39 is 10.0 Å². The van der Waals surface area contributed by atoms with Crippen LogP contribution in [0.25, 0.3) is 0 Å². The van der Waals surface area contributed by atoms with Crippen molar-refractivity contribution in [1.29, 1.82) is 0 Å². The zero-order valence-electron chi connectivity index (χ0n) is 14.2. The quantitative estimate of drug-likeness (QED) is 0.688. The van der Waals surface area contributed by atoms with Gasteiger partial charge in [0.2, 0.25) is 11.8 Å². The van der Waals surface area contributed by atoms with Crippen molar-refractivity contribution in [3.63, 3.8) is 0 Å². The van der Waals surface area contributed by atoms with Crippen LogP contribution in [0, 0.1) is 0 Å². The van der Waals surface area contributed by atoms with Crippen LogP contribution in [0.2, 0.25) is 0 Å². The minimum atomic E-state index is -3.65. The molecule has 2 aliphatic rings. The highest BCUT2D eigenvalue weighted by atomic mass is 35.5. The first kappa shape index (κ1) is 21.1. The molecule has 0 spiro atoms. The van der Waals surface area contributed by atoms with Gasteiger partial charge in [0.05, 0.1) is 13.1 Å². The Hall–Kier alpha value is -1.20. The van der Waals surface area contributed by atoms with E-state index in [1.54, 1.807) is 16.3 Å². The van der Waals surface area contributed by atoms with Gasteiger partial charge in [-0.25, -0.2) is 13.1 Å². The average Bonchev–Trinajstić information content (AvgIpc) is 3.16. The first-order valence-corrected chi connectivity index (χ1v) is 10.6. The first-order chi connectivity index (χ1) is 12.0. The fourth-order valence-corrected chi connectivity index (χ4v) is 5.21. The molecular weight excluding hydrogens is 400 g/mol. The van der Waals surface area contributed by atoms with Crippen LogP contribution < -0.4 is 10.0 Å². The fourth-order valence-electron chi connectivity index (χ4n) is 3.20. The number of thiophene rings is 1. The molecule has 2 saturated heterocycles. The monoisotopic (exact) mass is 422 g/mol. The van der Waals surface area contributed by atoms with Gasteiger partial charge in [-0.1, -0.05) is 6.07 Å². The summed E-state index contributed by atoms with van der Waals surface area (Å²) in [4.78, 5) is 27.9. The number of nitrogens with zero attached hydrogens (tertiary/aromatic N) is 2. The third kappa shape index (κ3) is 4.95. The number of nitrogens with one attached hydrogen (secondary N) is 2. The molecule has 0 saturated carbocycles. The van der Waals surface area contributed by atoms with Gasteiger partial charge in [-0.3, -0.25) is 9.59 Å². The van der Waals surface area contributed by atoms with Gasteiger partial charge < -0.3 is 15.1 Å². The van der Waals surface area contributed by atoms with Crippen molar-refractivity contribution in [1.82, 2.24) is 19.8 Å². The molecule has 2 aliphatic heterocycles. The number of carbonyl (C=O) groups is 2.